The Bertz CT molecular complexity index is 642. The fourth-order valence-electron chi connectivity index (χ4n) is 4.50. The van der Waals surface area contributed by atoms with Crippen LogP contribution in [0.15, 0.2) is 24.5 Å². The maximum absolute atomic E-state index is 12.8. The molecule has 0 bridgehead atoms. The zero-order chi connectivity index (χ0) is 17.4. The van der Waals surface area contributed by atoms with Crippen LogP contribution in [0.1, 0.15) is 23.2 Å². The number of hydrogen-bond acceptors (Lipinski definition) is 4. The summed E-state index contributed by atoms with van der Waals surface area (Å²) in [5.41, 5.74) is 0.609. The summed E-state index contributed by atoms with van der Waals surface area (Å²) in [6, 6.07) is 3.57. The molecular weight excluding hydrogens is 316 g/mol. The Balaban J connectivity index is 1.34. The molecule has 0 N–H and O–H groups in total. The number of nitrogens with zero attached hydrogens (tertiary/aromatic N) is 4. The minimum Gasteiger partial charge on any atom is -0.342 e. The summed E-state index contributed by atoms with van der Waals surface area (Å²) in [5, 5.41) is 0. The number of hydrogen-bond donors (Lipinski definition) is 0. The van der Waals surface area contributed by atoms with E-state index in [-0.39, 0.29) is 17.7 Å². The zero-order valence-corrected chi connectivity index (χ0v) is 14.8. The largest absolute Gasteiger partial charge is 0.342 e. The molecule has 134 valence electrons. The molecule has 3 saturated heterocycles. The van der Waals surface area contributed by atoms with Gasteiger partial charge >= 0.3 is 0 Å². The predicted molar refractivity (Wildman–Crippen MR) is 93.9 cm³/mol. The van der Waals surface area contributed by atoms with Crippen LogP contribution >= 0.6 is 0 Å². The maximum atomic E-state index is 12.8. The van der Waals surface area contributed by atoms with Crippen molar-refractivity contribution < 1.29 is 9.59 Å². The number of pyridine rings is 1. The molecule has 2 atom stereocenters. The van der Waals surface area contributed by atoms with Gasteiger partial charge in [0, 0.05) is 44.5 Å². The van der Waals surface area contributed by atoms with Crippen LogP contribution in [0, 0.1) is 17.8 Å². The van der Waals surface area contributed by atoms with Gasteiger partial charge in [0.05, 0.1) is 11.5 Å². The summed E-state index contributed by atoms with van der Waals surface area (Å²) in [5.74, 6) is 1.17. The van der Waals surface area contributed by atoms with E-state index in [9.17, 15) is 9.59 Å². The van der Waals surface area contributed by atoms with Gasteiger partial charge in [-0.15, -0.1) is 0 Å². The lowest BCUT2D eigenvalue weighted by molar-refractivity contribution is -0.131. The molecule has 25 heavy (non-hydrogen) atoms. The van der Waals surface area contributed by atoms with E-state index in [0.717, 1.165) is 26.2 Å². The van der Waals surface area contributed by atoms with Crippen molar-refractivity contribution in [1.29, 1.82) is 0 Å². The van der Waals surface area contributed by atoms with Gasteiger partial charge in [0.25, 0.3) is 5.91 Å². The first-order valence-electron chi connectivity index (χ1n) is 9.28. The van der Waals surface area contributed by atoms with Crippen molar-refractivity contribution in [3.05, 3.63) is 30.1 Å². The molecular formula is C19H26N4O2. The second-order valence-electron chi connectivity index (χ2n) is 7.81. The van der Waals surface area contributed by atoms with Gasteiger partial charge in [-0.2, -0.15) is 0 Å². The van der Waals surface area contributed by atoms with Gasteiger partial charge in [0.1, 0.15) is 0 Å². The lowest BCUT2D eigenvalue weighted by atomic mass is 9.96. The van der Waals surface area contributed by atoms with Crippen molar-refractivity contribution in [2.45, 2.75) is 12.8 Å². The van der Waals surface area contributed by atoms with Gasteiger partial charge in [-0.3, -0.25) is 14.6 Å². The molecule has 3 fully saturated rings. The van der Waals surface area contributed by atoms with Crippen LogP contribution in [0.5, 0.6) is 0 Å². The van der Waals surface area contributed by atoms with E-state index in [2.05, 4.69) is 21.8 Å². The number of piperidine rings is 1. The van der Waals surface area contributed by atoms with Crippen LogP contribution in [-0.4, -0.2) is 77.8 Å². The molecule has 1 aromatic rings. The van der Waals surface area contributed by atoms with Crippen LogP contribution in [-0.2, 0) is 4.79 Å². The number of amides is 2. The van der Waals surface area contributed by atoms with Gasteiger partial charge in [0.2, 0.25) is 5.91 Å². The highest BCUT2D eigenvalue weighted by Crippen LogP contribution is 2.34. The van der Waals surface area contributed by atoms with Crippen molar-refractivity contribution in [2.24, 2.45) is 17.8 Å². The number of rotatable bonds is 3. The molecule has 0 aromatic carbocycles. The van der Waals surface area contributed by atoms with Gasteiger partial charge in [-0.1, -0.05) is 0 Å². The first-order valence-corrected chi connectivity index (χ1v) is 9.28. The third-order valence-corrected chi connectivity index (χ3v) is 6.04. The monoisotopic (exact) mass is 342 g/mol. The summed E-state index contributed by atoms with van der Waals surface area (Å²) in [6.45, 7) is 5.22. The SMILES string of the molecule is CN1CCC(CN2C[C@@H]3CN(C(=O)c4cccnc4)C[C@@H]3C2=O)CC1. The van der Waals surface area contributed by atoms with Crippen LogP contribution < -0.4 is 0 Å². The highest BCUT2D eigenvalue weighted by Gasteiger charge is 2.47. The van der Waals surface area contributed by atoms with Gasteiger partial charge in [-0.25, -0.2) is 0 Å². The molecule has 0 saturated carbocycles. The third kappa shape index (κ3) is 3.27. The van der Waals surface area contributed by atoms with Crippen LogP contribution in [0.4, 0.5) is 0 Å². The second-order valence-corrected chi connectivity index (χ2v) is 7.81. The molecule has 0 spiro atoms. The van der Waals surface area contributed by atoms with E-state index < -0.39 is 0 Å². The van der Waals surface area contributed by atoms with E-state index in [1.807, 2.05) is 4.90 Å². The van der Waals surface area contributed by atoms with Crippen molar-refractivity contribution in [3.63, 3.8) is 0 Å². The molecule has 3 aliphatic heterocycles. The Morgan fingerprint density at radius 3 is 2.72 bits per heavy atom. The quantitative estimate of drug-likeness (QED) is 0.821. The number of fused-ring (bicyclic) bond motifs is 1. The normalized spacial score (nSPS) is 27.8. The van der Waals surface area contributed by atoms with Crippen molar-refractivity contribution >= 4 is 11.8 Å². The average molecular weight is 342 g/mol. The lowest BCUT2D eigenvalue weighted by Crippen LogP contribution is -2.40. The van der Waals surface area contributed by atoms with Crippen molar-refractivity contribution in [3.8, 4) is 0 Å². The average Bonchev–Trinajstić information content (AvgIpc) is 3.17. The van der Waals surface area contributed by atoms with Crippen molar-refractivity contribution in [2.75, 3.05) is 46.3 Å². The molecule has 0 aliphatic carbocycles. The van der Waals surface area contributed by atoms with E-state index in [4.69, 9.17) is 0 Å². The summed E-state index contributed by atoms with van der Waals surface area (Å²) in [4.78, 5) is 35.6. The van der Waals surface area contributed by atoms with E-state index in [1.54, 1.807) is 24.5 Å². The van der Waals surface area contributed by atoms with Gasteiger partial charge in [-0.05, 0) is 51.0 Å². The highest BCUT2D eigenvalue weighted by molar-refractivity contribution is 5.95. The Morgan fingerprint density at radius 1 is 1.24 bits per heavy atom. The Labute approximate surface area is 148 Å². The van der Waals surface area contributed by atoms with Gasteiger partial charge in [0.15, 0.2) is 0 Å². The first kappa shape index (κ1) is 16.5. The van der Waals surface area contributed by atoms with E-state index >= 15 is 0 Å². The highest BCUT2D eigenvalue weighted by atomic mass is 16.2. The number of carbonyl (C=O) groups excluding carboxylic acids is 2. The summed E-state index contributed by atoms with van der Waals surface area (Å²) in [7, 11) is 2.16. The number of likely N-dealkylation sites (tertiary alicyclic amines) is 3. The lowest BCUT2D eigenvalue weighted by Gasteiger charge is -2.32. The van der Waals surface area contributed by atoms with E-state index in [0.29, 0.717) is 30.5 Å². The number of carbonyl (C=O) groups is 2. The van der Waals surface area contributed by atoms with Crippen LogP contribution in [0.3, 0.4) is 0 Å². The first-order chi connectivity index (χ1) is 12.1. The molecule has 0 unspecified atom stereocenters. The topological polar surface area (TPSA) is 56.8 Å². The Hall–Kier alpha value is -1.95. The summed E-state index contributed by atoms with van der Waals surface area (Å²) >= 11 is 0. The summed E-state index contributed by atoms with van der Waals surface area (Å²) in [6.07, 6.45) is 5.63. The standard InChI is InChI=1S/C19H26N4O2/c1-21-7-4-14(5-8-21)10-22-11-16-12-23(13-17(16)19(22)25)18(24)15-3-2-6-20-9-15/h2-3,6,9,14,16-17H,4-5,7-8,10-13H2,1H3/t16-,17+/m1/s1. The van der Waals surface area contributed by atoms with E-state index in [1.165, 1.54) is 12.8 Å². The van der Waals surface area contributed by atoms with Crippen LogP contribution in [0.2, 0.25) is 0 Å². The smallest absolute Gasteiger partial charge is 0.255 e. The Morgan fingerprint density at radius 2 is 2.04 bits per heavy atom. The Kier molecular flexibility index (Phi) is 4.46. The maximum Gasteiger partial charge on any atom is 0.255 e. The zero-order valence-electron chi connectivity index (χ0n) is 14.8. The second kappa shape index (κ2) is 6.75. The minimum absolute atomic E-state index is 0.00262. The van der Waals surface area contributed by atoms with Crippen molar-refractivity contribution in [1.82, 2.24) is 19.7 Å². The molecule has 4 heterocycles. The molecule has 6 heteroatoms. The minimum atomic E-state index is -0.00751. The summed E-state index contributed by atoms with van der Waals surface area (Å²) < 4.78 is 0. The molecule has 6 nitrogen and oxygen atoms in total. The molecule has 1 aromatic heterocycles. The van der Waals surface area contributed by atoms with Crippen LogP contribution in [0.25, 0.3) is 0 Å². The molecule has 3 aliphatic rings. The fourth-order valence-corrected chi connectivity index (χ4v) is 4.50. The predicted octanol–water partition coefficient (Wildman–Crippen LogP) is 0.954. The molecule has 2 amide bonds. The third-order valence-electron chi connectivity index (χ3n) is 6.04. The molecule has 4 rings (SSSR count). The number of aromatic nitrogens is 1. The van der Waals surface area contributed by atoms with Gasteiger partial charge < -0.3 is 14.7 Å². The molecule has 0 radical (unpaired) electrons. The fraction of sp³-hybridized carbons (Fsp3) is 0.632.